The summed E-state index contributed by atoms with van der Waals surface area (Å²) in [6, 6.07) is 7.60. The van der Waals surface area contributed by atoms with E-state index in [1.165, 1.54) is 0 Å². The fourth-order valence-electron chi connectivity index (χ4n) is 2.56. The predicted molar refractivity (Wildman–Crippen MR) is 62.1 cm³/mol. The third-order valence-corrected chi connectivity index (χ3v) is 3.44. The first kappa shape index (κ1) is 12.5. The molecule has 0 aliphatic heterocycles. The largest absolute Gasteiger partial charge is 0.380 e. The van der Waals surface area contributed by atoms with Crippen LogP contribution in [0.3, 0.4) is 0 Å². The van der Waals surface area contributed by atoms with Crippen molar-refractivity contribution in [3.05, 3.63) is 35.4 Å². The van der Waals surface area contributed by atoms with Crippen molar-refractivity contribution in [1.82, 2.24) is 0 Å². The molecule has 1 aromatic rings. The SMILES string of the molecule is COCc1cccc(C2(CN)CC(F)(F)C2)c1. The van der Waals surface area contributed by atoms with Crippen LogP contribution < -0.4 is 5.73 Å². The number of methoxy groups -OCH3 is 1. The lowest BCUT2D eigenvalue weighted by atomic mass is 9.62. The van der Waals surface area contributed by atoms with E-state index in [-0.39, 0.29) is 19.4 Å². The van der Waals surface area contributed by atoms with Crippen LogP contribution in [-0.2, 0) is 16.8 Å². The predicted octanol–water partition coefficient (Wildman–Crippen LogP) is 2.46. The second-order valence-corrected chi connectivity index (χ2v) is 4.83. The van der Waals surface area contributed by atoms with E-state index >= 15 is 0 Å². The van der Waals surface area contributed by atoms with Crippen LogP contribution in [0, 0.1) is 0 Å². The van der Waals surface area contributed by atoms with Gasteiger partial charge < -0.3 is 10.5 Å². The molecule has 0 aromatic heterocycles. The monoisotopic (exact) mass is 241 g/mol. The highest BCUT2D eigenvalue weighted by atomic mass is 19.3. The van der Waals surface area contributed by atoms with Crippen LogP contribution in [-0.4, -0.2) is 19.6 Å². The lowest BCUT2D eigenvalue weighted by molar-refractivity contribution is -0.123. The Kier molecular flexibility index (Phi) is 3.19. The summed E-state index contributed by atoms with van der Waals surface area (Å²) in [6.07, 6.45) is -0.292. The van der Waals surface area contributed by atoms with Crippen LogP contribution in [0.25, 0.3) is 0 Å². The number of rotatable bonds is 4. The van der Waals surface area contributed by atoms with E-state index in [2.05, 4.69) is 0 Å². The second-order valence-electron chi connectivity index (χ2n) is 4.83. The maximum Gasteiger partial charge on any atom is 0.250 e. The van der Waals surface area contributed by atoms with Crippen molar-refractivity contribution in [3.63, 3.8) is 0 Å². The molecule has 1 fully saturated rings. The van der Waals surface area contributed by atoms with Gasteiger partial charge in [-0.25, -0.2) is 8.78 Å². The highest BCUT2D eigenvalue weighted by molar-refractivity contribution is 5.34. The Hall–Kier alpha value is -1.00. The fraction of sp³-hybridized carbons (Fsp3) is 0.538. The van der Waals surface area contributed by atoms with E-state index in [1.807, 2.05) is 24.3 Å². The molecule has 0 heterocycles. The van der Waals surface area contributed by atoms with E-state index in [9.17, 15) is 8.78 Å². The van der Waals surface area contributed by atoms with Gasteiger partial charge in [0.1, 0.15) is 0 Å². The molecule has 0 spiro atoms. The van der Waals surface area contributed by atoms with Crippen molar-refractivity contribution in [2.75, 3.05) is 13.7 Å². The molecule has 2 nitrogen and oxygen atoms in total. The zero-order chi connectivity index (χ0) is 12.5. The highest BCUT2D eigenvalue weighted by Gasteiger charge is 2.56. The first-order valence-corrected chi connectivity index (χ1v) is 5.68. The van der Waals surface area contributed by atoms with Gasteiger partial charge in [0.25, 0.3) is 0 Å². The standard InChI is InChI=1S/C13H17F2NO/c1-17-6-10-3-2-4-11(5-10)12(9-16)7-13(14,15)8-12/h2-5H,6-9,16H2,1H3. The molecule has 0 bridgehead atoms. The van der Waals surface area contributed by atoms with Crippen LogP contribution in [0.4, 0.5) is 8.78 Å². The molecule has 0 atom stereocenters. The van der Waals surface area contributed by atoms with Crippen LogP contribution in [0.5, 0.6) is 0 Å². The van der Waals surface area contributed by atoms with Crippen molar-refractivity contribution in [2.45, 2.75) is 30.8 Å². The Morgan fingerprint density at radius 2 is 2.06 bits per heavy atom. The summed E-state index contributed by atoms with van der Waals surface area (Å²) >= 11 is 0. The second kappa shape index (κ2) is 4.35. The summed E-state index contributed by atoms with van der Waals surface area (Å²) in [4.78, 5) is 0. The summed E-state index contributed by atoms with van der Waals surface area (Å²) in [6.45, 7) is 0.754. The molecule has 17 heavy (non-hydrogen) atoms. The van der Waals surface area contributed by atoms with Gasteiger partial charge in [-0.1, -0.05) is 24.3 Å². The van der Waals surface area contributed by atoms with Gasteiger partial charge in [-0.05, 0) is 11.1 Å². The molecule has 4 heteroatoms. The molecule has 0 radical (unpaired) electrons. The average molecular weight is 241 g/mol. The summed E-state index contributed by atoms with van der Waals surface area (Å²) < 4.78 is 31.2. The minimum absolute atomic E-state index is 0.146. The molecular weight excluding hydrogens is 224 g/mol. The molecule has 1 aromatic carbocycles. The maximum atomic E-state index is 13.1. The fourth-order valence-corrected chi connectivity index (χ4v) is 2.56. The third-order valence-electron chi connectivity index (χ3n) is 3.44. The van der Waals surface area contributed by atoms with Gasteiger partial charge in [0.2, 0.25) is 5.92 Å². The van der Waals surface area contributed by atoms with E-state index in [4.69, 9.17) is 10.5 Å². The third kappa shape index (κ3) is 2.33. The number of hydrogen-bond acceptors (Lipinski definition) is 2. The normalized spacial score (nSPS) is 20.9. The number of alkyl halides is 2. The van der Waals surface area contributed by atoms with Crippen molar-refractivity contribution in [2.24, 2.45) is 5.73 Å². The number of halogens is 2. The van der Waals surface area contributed by atoms with Crippen LogP contribution in [0.15, 0.2) is 24.3 Å². The van der Waals surface area contributed by atoms with E-state index in [0.29, 0.717) is 6.61 Å². The molecule has 1 aliphatic rings. The van der Waals surface area contributed by atoms with Crippen molar-refractivity contribution >= 4 is 0 Å². The lowest BCUT2D eigenvalue weighted by Gasteiger charge is -2.47. The maximum absolute atomic E-state index is 13.1. The minimum atomic E-state index is -2.56. The number of nitrogens with two attached hydrogens (primary N) is 1. The Labute approximate surface area is 99.8 Å². The first-order valence-electron chi connectivity index (χ1n) is 5.68. The van der Waals surface area contributed by atoms with Gasteiger partial charge in [-0.2, -0.15) is 0 Å². The van der Waals surface area contributed by atoms with Crippen molar-refractivity contribution < 1.29 is 13.5 Å². The van der Waals surface area contributed by atoms with Crippen molar-refractivity contribution in [1.29, 1.82) is 0 Å². The zero-order valence-corrected chi connectivity index (χ0v) is 9.88. The Bertz CT molecular complexity index is 398. The summed E-state index contributed by atoms with van der Waals surface area (Å²) in [5, 5.41) is 0. The molecule has 1 aliphatic carbocycles. The summed E-state index contributed by atoms with van der Waals surface area (Å²) in [7, 11) is 1.61. The Morgan fingerprint density at radius 3 is 2.59 bits per heavy atom. The van der Waals surface area contributed by atoms with E-state index in [0.717, 1.165) is 11.1 Å². The van der Waals surface area contributed by atoms with Crippen LogP contribution in [0.2, 0.25) is 0 Å². The summed E-state index contributed by atoms with van der Waals surface area (Å²) in [5.41, 5.74) is 7.03. The molecule has 0 unspecified atom stereocenters. The zero-order valence-electron chi connectivity index (χ0n) is 9.88. The molecular formula is C13H17F2NO. The van der Waals surface area contributed by atoms with Gasteiger partial charge >= 0.3 is 0 Å². The number of hydrogen-bond donors (Lipinski definition) is 1. The Balaban J connectivity index is 2.24. The van der Waals surface area contributed by atoms with Gasteiger partial charge in [0.05, 0.1) is 6.61 Å². The topological polar surface area (TPSA) is 35.2 Å². The minimum Gasteiger partial charge on any atom is -0.380 e. The Morgan fingerprint density at radius 1 is 1.35 bits per heavy atom. The van der Waals surface area contributed by atoms with Gasteiger partial charge in [0.15, 0.2) is 0 Å². The smallest absolute Gasteiger partial charge is 0.250 e. The van der Waals surface area contributed by atoms with Gasteiger partial charge in [-0.15, -0.1) is 0 Å². The average Bonchev–Trinajstić information content (AvgIpc) is 2.26. The summed E-state index contributed by atoms with van der Waals surface area (Å²) in [5.74, 6) is -2.56. The first-order chi connectivity index (χ1) is 8.01. The molecule has 2 N–H and O–H groups in total. The quantitative estimate of drug-likeness (QED) is 0.878. The molecule has 1 saturated carbocycles. The number of ether oxygens (including phenoxy) is 1. The molecule has 0 amide bonds. The van der Waals surface area contributed by atoms with Gasteiger partial charge in [0, 0.05) is 31.9 Å². The molecule has 94 valence electrons. The lowest BCUT2D eigenvalue weighted by Crippen LogP contribution is -2.53. The van der Waals surface area contributed by atoms with Gasteiger partial charge in [-0.3, -0.25) is 0 Å². The molecule has 2 rings (SSSR count). The van der Waals surface area contributed by atoms with E-state index in [1.54, 1.807) is 7.11 Å². The highest BCUT2D eigenvalue weighted by Crippen LogP contribution is 2.52. The molecule has 0 saturated heterocycles. The van der Waals surface area contributed by atoms with Crippen LogP contribution in [0.1, 0.15) is 24.0 Å². The van der Waals surface area contributed by atoms with Crippen molar-refractivity contribution in [3.8, 4) is 0 Å². The van der Waals surface area contributed by atoms with E-state index < -0.39 is 11.3 Å². The number of benzene rings is 1. The van der Waals surface area contributed by atoms with Crippen LogP contribution >= 0.6 is 0 Å².